The molecular weight excluding hydrogens is 312 g/mol. The fourth-order valence-electron chi connectivity index (χ4n) is 3.11. The number of hydrogen-bond donors (Lipinski definition) is 1. The number of sulfonamides is 1. The first kappa shape index (κ1) is 18.2. The third-order valence-electron chi connectivity index (χ3n) is 4.49. The quantitative estimate of drug-likeness (QED) is 0.827. The number of ether oxygens (including phenoxy) is 1. The van der Waals surface area contributed by atoms with Crippen molar-refractivity contribution in [2.75, 3.05) is 33.0 Å². The number of nitrogens with zero attached hydrogens (tertiary/aromatic N) is 1. The largest absolute Gasteiger partial charge is 0.497 e. The highest BCUT2D eigenvalue weighted by atomic mass is 32.2. The summed E-state index contributed by atoms with van der Waals surface area (Å²) in [6.45, 7) is 6.49. The maximum Gasteiger partial charge on any atom is 0.211 e. The third kappa shape index (κ3) is 4.93. The highest BCUT2D eigenvalue weighted by Gasteiger charge is 2.29. The minimum Gasteiger partial charge on any atom is -0.497 e. The molecule has 1 aliphatic heterocycles. The molecule has 23 heavy (non-hydrogen) atoms. The van der Waals surface area contributed by atoms with E-state index in [4.69, 9.17) is 4.74 Å². The van der Waals surface area contributed by atoms with Crippen LogP contribution in [0.5, 0.6) is 5.75 Å². The van der Waals surface area contributed by atoms with Gasteiger partial charge in [0.2, 0.25) is 10.0 Å². The summed E-state index contributed by atoms with van der Waals surface area (Å²) >= 11 is 0. The van der Waals surface area contributed by atoms with Crippen molar-refractivity contribution in [1.29, 1.82) is 0 Å². The first-order valence-electron chi connectivity index (χ1n) is 8.13. The van der Waals surface area contributed by atoms with Gasteiger partial charge in [0.05, 0.1) is 13.4 Å². The van der Waals surface area contributed by atoms with Gasteiger partial charge in [-0.1, -0.05) is 26.0 Å². The van der Waals surface area contributed by atoms with Gasteiger partial charge >= 0.3 is 0 Å². The van der Waals surface area contributed by atoms with E-state index in [9.17, 15) is 8.42 Å². The fourth-order valence-corrected chi connectivity index (χ4v) is 4.03. The average Bonchev–Trinajstić information content (AvgIpc) is 2.97. The third-order valence-corrected chi connectivity index (χ3v) is 5.76. The molecular formula is C17H28N2O3S. The smallest absolute Gasteiger partial charge is 0.211 e. The lowest BCUT2D eigenvalue weighted by Gasteiger charge is -2.25. The van der Waals surface area contributed by atoms with Gasteiger partial charge in [0.1, 0.15) is 5.75 Å². The fraction of sp³-hybridized carbons (Fsp3) is 0.647. The van der Waals surface area contributed by atoms with E-state index in [1.54, 1.807) is 11.4 Å². The van der Waals surface area contributed by atoms with Crippen LogP contribution in [0.15, 0.2) is 24.3 Å². The number of methoxy groups -OCH3 is 1. The molecule has 0 amide bonds. The molecule has 1 N–H and O–H groups in total. The molecule has 2 rings (SSSR count). The Bertz CT molecular complexity index is 599. The summed E-state index contributed by atoms with van der Waals surface area (Å²) in [5.74, 6) is 1.69. The zero-order valence-corrected chi connectivity index (χ0v) is 15.3. The van der Waals surface area contributed by atoms with Gasteiger partial charge in [0, 0.05) is 19.1 Å². The van der Waals surface area contributed by atoms with Crippen LogP contribution in [0, 0.1) is 11.8 Å². The molecule has 1 saturated heterocycles. The van der Waals surface area contributed by atoms with Crippen LogP contribution in [0.25, 0.3) is 0 Å². The van der Waals surface area contributed by atoms with Gasteiger partial charge in [-0.25, -0.2) is 12.7 Å². The predicted octanol–water partition coefficient (Wildman–Crippen LogP) is 2.26. The topological polar surface area (TPSA) is 58.6 Å². The van der Waals surface area contributed by atoms with Crippen molar-refractivity contribution in [2.24, 2.45) is 11.8 Å². The Balaban J connectivity index is 1.95. The Morgan fingerprint density at radius 2 is 1.96 bits per heavy atom. The molecule has 1 aromatic rings. The zero-order chi connectivity index (χ0) is 17.0. The van der Waals surface area contributed by atoms with E-state index >= 15 is 0 Å². The number of rotatable bonds is 7. The summed E-state index contributed by atoms with van der Waals surface area (Å²) in [5, 5.41) is 3.62. The molecule has 0 aliphatic carbocycles. The Morgan fingerprint density at radius 1 is 1.30 bits per heavy atom. The van der Waals surface area contributed by atoms with Crippen LogP contribution in [0.2, 0.25) is 0 Å². The van der Waals surface area contributed by atoms with Gasteiger partial charge in [-0.2, -0.15) is 0 Å². The van der Waals surface area contributed by atoms with Crippen LogP contribution in [0.1, 0.15) is 31.9 Å². The van der Waals surface area contributed by atoms with Crippen LogP contribution in [0.3, 0.4) is 0 Å². The van der Waals surface area contributed by atoms with Crippen molar-refractivity contribution in [1.82, 2.24) is 9.62 Å². The molecule has 0 unspecified atom stereocenters. The van der Waals surface area contributed by atoms with Crippen LogP contribution >= 0.6 is 0 Å². The normalized spacial score (nSPS) is 20.8. The van der Waals surface area contributed by atoms with E-state index in [1.807, 2.05) is 12.1 Å². The second kappa shape index (κ2) is 7.64. The standard InChI is InChI=1S/C17H28N2O3S/c1-13(2)17(15-5-7-16(22-3)8-6-15)18-11-14-9-10-19(12-14)23(4,20)21/h5-8,13-14,17-18H,9-12H2,1-4H3/t14-,17-/m0/s1. The molecule has 0 saturated carbocycles. The van der Waals surface area contributed by atoms with E-state index in [-0.39, 0.29) is 6.04 Å². The molecule has 0 radical (unpaired) electrons. The maximum atomic E-state index is 11.6. The van der Waals surface area contributed by atoms with Crippen LogP contribution in [-0.2, 0) is 10.0 Å². The van der Waals surface area contributed by atoms with Crippen molar-refractivity contribution in [3.05, 3.63) is 29.8 Å². The van der Waals surface area contributed by atoms with Crippen molar-refractivity contribution in [2.45, 2.75) is 26.3 Å². The van der Waals surface area contributed by atoms with Gasteiger partial charge < -0.3 is 10.1 Å². The number of benzene rings is 1. The maximum absolute atomic E-state index is 11.6. The Kier molecular flexibility index (Phi) is 6.06. The van der Waals surface area contributed by atoms with Gasteiger partial charge in [-0.15, -0.1) is 0 Å². The number of nitrogens with one attached hydrogen (secondary N) is 1. The molecule has 6 heteroatoms. The number of hydrogen-bond acceptors (Lipinski definition) is 4. The zero-order valence-electron chi connectivity index (χ0n) is 14.5. The van der Waals surface area contributed by atoms with E-state index in [0.717, 1.165) is 18.7 Å². The average molecular weight is 340 g/mol. The summed E-state index contributed by atoms with van der Waals surface area (Å²) < 4.78 is 30.0. The second-order valence-corrected chi connectivity index (χ2v) is 8.66. The van der Waals surface area contributed by atoms with Crippen molar-refractivity contribution in [3.8, 4) is 5.75 Å². The Labute approximate surface area is 140 Å². The molecule has 1 fully saturated rings. The van der Waals surface area contributed by atoms with Gasteiger partial charge in [-0.05, 0) is 42.5 Å². The summed E-state index contributed by atoms with van der Waals surface area (Å²) in [5.41, 5.74) is 1.23. The van der Waals surface area contributed by atoms with E-state index < -0.39 is 10.0 Å². The lowest BCUT2D eigenvalue weighted by Crippen LogP contribution is -2.33. The Morgan fingerprint density at radius 3 is 2.43 bits per heavy atom. The molecule has 1 heterocycles. The molecule has 1 aliphatic rings. The highest BCUT2D eigenvalue weighted by Crippen LogP contribution is 2.25. The molecule has 2 atom stereocenters. The molecule has 5 nitrogen and oxygen atoms in total. The van der Waals surface area contributed by atoms with E-state index in [1.165, 1.54) is 11.8 Å². The monoisotopic (exact) mass is 340 g/mol. The lowest BCUT2D eigenvalue weighted by molar-refractivity contribution is 0.369. The van der Waals surface area contributed by atoms with Gasteiger partial charge in [0.15, 0.2) is 0 Å². The van der Waals surface area contributed by atoms with E-state index in [0.29, 0.717) is 24.9 Å². The minimum atomic E-state index is -3.06. The van der Waals surface area contributed by atoms with Crippen LogP contribution in [0.4, 0.5) is 0 Å². The van der Waals surface area contributed by atoms with Crippen LogP contribution < -0.4 is 10.1 Å². The summed E-state index contributed by atoms with van der Waals surface area (Å²) in [4.78, 5) is 0. The first-order chi connectivity index (χ1) is 10.8. The summed E-state index contributed by atoms with van der Waals surface area (Å²) in [7, 11) is -1.39. The highest BCUT2D eigenvalue weighted by molar-refractivity contribution is 7.88. The summed E-state index contributed by atoms with van der Waals surface area (Å²) in [6.07, 6.45) is 2.21. The molecule has 130 valence electrons. The van der Waals surface area contributed by atoms with Crippen LogP contribution in [-0.4, -0.2) is 45.7 Å². The second-order valence-electron chi connectivity index (χ2n) is 6.68. The molecule has 0 spiro atoms. The molecule has 0 bridgehead atoms. The lowest BCUT2D eigenvalue weighted by atomic mass is 9.95. The van der Waals surface area contributed by atoms with Crippen molar-refractivity contribution in [3.63, 3.8) is 0 Å². The van der Waals surface area contributed by atoms with Crippen molar-refractivity contribution >= 4 is 10.0 Å². The summed E-state index contributed by atoms with van der Waals surface area (Å²) in [6, 6.07) is 8.40. The van der Waals surface area contributed by atoms with Crippen molar-refractivity contribution < 1.29 is 13.2 Å². The molecule has 0 aromatic heterocycles. The minimum absolute atomic E-state index is 0.258. The van der Waals surface area contributed by atoms with Gasteiger partial charge in [0.25, 0.3) is 0 Å². The Hall–Kier alpha value is -1.11. The molecule has 1 aromatic carbocycles. The van der Waals surface area contributed by atoms with E-state index in [2.05, 4.69) is 31.3 Å². The first-order valence-corrected chi connectivity index (χ1v) is 9.98. The van der Waals surface area contributed by atoms with Gasteiger partial charge in [-0.3, -0.25) is 0 Å². The SMILES string of the molecule is COc1ccc([C@@H](NC[C@@H]2CCN(S(C)(=O)=O)C2)C(C)C)cc1. The predicted molar refractivity (Wildman–Crippen MR) is 93.1 cm³/mol.